The maximum Gasteiger partial charge on any atom is 0.124 e. The van der Waals surface area contributed by atoms with E-state index in [4.69, 9.17) is 0 Å². The number of nitrogens with one attached hydrogen (secondary N) is 1. The van der Waals surface area contributed by atoms with Crippen molar-refractivity contribution < 1.29 is 5.11 Å². The molecule has 0 unspecified atom stereocenters. The van der Waals surface area contributed by atoms with Gasteiger partial charge in [-0.2, -0.15) is 0 Å². The molecular weight excluding hydrogens is 224 g/mol. The normalized spacial score (nSPS) is 11.3. The van der Waals surface area contributed by atoms with E-state index in [2.05, 4.69) is 10.3 Å². The fraction of sp³-hybridized carbons (Fsp3) is 0.133. The van der Waals surface area contributed by atoms with Crippen LogP contribution in [0.15, 0.2) is 53.5 Å². The highest BCUT2D eigenvalue weighted by Gasteiger charge is 2.04. The van der Waals surface area contributed by atoms with Crippen LogP contribution >= 0.6 is 0 Å². The van der Waals surface area contributed by atoms with Crippen LogP contribution in [0.1, 0.15) is 12.5 Å². The maximum atomic E-state index is 9.79. The van der Waals surface area contributed by atoms with Crippen LogP contribution in [-0.4, -0.2) is 17.9 Å². The summed E-state index contributed by atoms with van der Waals surface area (Å²) in [5.74, 6) is 0.251. The van der Waals surface area contributed by atoms with Gasteiger partial charge in [-0.25, -0.2) is 0 Å². The molecule has 92 valence electrons. The van der Waals surface area contributed by atoms with E-state index in [1.165, 1.54) is 0 Å². The van der Waals surface area contributed by atoms with E-state index >= 15 is 0 Å². The molecule has 0 bridgehead atoms. The first-order valence-corrected chi connectivity index (χ1v) is 5.83. The molecule has 0 atom stereocenters. The summed E-state index contributed by atoms with van der Waals surface area (Å²) in [7, 11) is 1.86. The lowest BCUT2D eigenvalue weighted by Crippen LogP contribution is -1.95. The van der Waals surface area contributed by atoms with E-state index in [1.54, 1.807) is 12.1 Å². The number of benzene rings is 2. The second-order valence-corrected chi connectivity index (χ2v) is 3.98. The van der Waals surface area contributed by atoms with Crippen LogP contribution in [-0.2, 0) is 0 Å². The number of phenolic OH excluding ortho intramolecular Hbond substituents is 1. The highest BCUT2D eigenvalue weighted by atomic mass is 16.3. The van der Waals surface area contributed by atoms with Crippen molar-refractivity contribution in [3.05, 3.63) is 54.1 Å². The topological polar surface area (TPSA) is 44.6 Å². The van der Waals surface area contributed by atoms with Crippen LogP contribution < -0.4 is 5.32 Å². The number of para-hydroxylation sites is 3. The molecule has 0 amide bonds. The van der Waals surface area contributed by atoms with Gasteiger partial charge in [-0.15, -0.1) is 0 Å². The fourth-order valence-corrected chi connectivity index (χ4v) is 1.80. The van der Waals surface area contributed by atoms with Gasteiger partial charge in [0.25, 0.3) is 0 Å². The van der Waals surface area contributed by atoms with E-state index in [-0.39, 0.29) is 5.75 Å². The summed E-state index contributed by atoms with van der Waals surface area (Å²) in [5.41, 5.74) is 3.37. The number of phenols is 1. The third-order valence-electron chi connectivity index (χ3n) is 2.76. The molecule has 2 aromatic carbocycles. The summed E-state index contributed by atoms with van der Waals surface area (Å²) < 4.78 is 0. The Morgan fingerprint density at radius 3 is 2.44 bits per heavy atom. The Labute approximate surface area is 107 Å². The number of nitrogens with zero attached hydrogens (tertiary/aromatic N) is 1. The Morgan fingerprint density at radius 2 is 1.72 bits per heavy atom. The summed E-state index contributed by atoms with van der Waals surface area (Å²) >= 11 is 0. The predicted octanol–water partition coefficient (Wildman–Crippen LogP) is 3.57. The smallest absolute Gasteiger partial charge is 0.124 e. The standard InChI is InChI=1S/C15H16N2O/c1-11(12-7-3-6-10-15(12)18)17-14-9-5-4-8-13(14)16-2/h3-10,16,18H,1-2H3. The lowest BCUT2D eigenvalue weighted by Gasteiger charge is -2.07. The monoisotopic (exact) mass is 240 g/mol. The number of hydrogen-bond acceptors (Lipinski definition) is 3. The van der Waals surface area contributed by atoms with Crippen LogP contribution in [0.2, 0.25) is 0 Å². The zero-order chi connectivity index (χ0) is 13.0. The summed E-state index contributed by atoms with van der Waals surface area (Å²) in [5, 5.41) is 12.9. The van der Waals surface area contributed by atoms with Crippen molar-refractivity contribution in [2.24, 2.45) is 4.99 Å². The summed E-state index contributed by atoms with van der Waals surface area (Å²) in [6.45, 7) is 1.89. The van der Waals surface area contributed by atoms with Crippen molar-refractivity contribution in [1.82, 2.24) is 0 Å². The van der Waals surface area contributed by atoms with E-state index in [9.17, 15) is 5.11 Å². The average molecular weight is 240 g/mol. The van der Waals surface area contributed by atoms with Gasteiger partial charge in [0, 0.05) is 18.3 Å². The Balaban J connectivity index is 2.42. The molecule has 0 aromatic heterocycles. The van der Waals surface area contributed by atoms with Crippen molar-refractivity contribution >= 4 is 17.1 Å². The van der Waals surface area contributed by atoms with Gasteiger partial charge < -0.3 is 10.4 Å². The number of rotatable bonds is 3. The van der Waals surface area contributed by atoms with Crippen LogP contribution in [0.5, 0.6) is 5.75 Å². The van der Waals surface area contributed by atoms with Gasteiger partial charge in [0.2, 0.25) is 0 Å². The van der Waals surface area contributed by atoms with Crippen LogP contribution in [0.3, 0.4) is 0 Å². The minimum Gasteiger partial charge on any atom is -0.507 e. The van der Waals surface area contributed by atoms with Crippen molar-refractivity contribution in [3.63, 3.8) is 0 Å². The Hall–Kier alpha value is -2.29. The molecule has 2 rings (SSSR count). The second kappa shape index (κ2) is 5.36. The zero-order valence-electron chi connectivity index (χ0n) is 10.5. The second-order valence-electron chi connectivity index (χ2n) is 3.98. The van der Waals surface area contributed by atoms with Crippen LogP contribution in [0, 0.1) is 0 Å². The number of aromatic hydroxyl groups is 1. The van der Waals surface area contributed by atoms with Crippen molar-refractivity contribution in [2.75, 3.05) is 12.4 Å². The van der Waals surface area contributed by atoms with Crippen LogP contribution in [0.25, 0.3) is 0 Å². The highest BCUT2D eigenvalue weighted by molar-refractivity contribution is 6.03. The SMILES string of the molecule is CNc1ccccc1N=C(C)c1ccccc1O. The van der Waals surface area contributed by atoms with E-state index in [1.807, 2.05) is 50.4 Å². The van der Waals surface area contributed by atoms with Gasteiger partial charge >= 0.3 is 0 Å². The largest absolute Gasteiger partial charge is 0.507 e. The molecule has 0 radical (unpaired) electrons. The Morgan fingerprint density at radius 1 is 1.06 bits per heavy atom. The van der Waals surface area contributed by atoms with Gasteiger partial charge in [0.05, 0.1) is 11.4 Å². The van der Waals surface area contributed by atoms with Gasteiger partial charge in [-0.3, -0.25) is 4.99 Å². The molecule has 2 aromatic rings. The lowest BCUT2D eigenvalue weighted by molar-refractivity contribution is 0.474. The average Bonchev–Trinajstić information content (AvgIpc) is 2.39. The fourth-order valence-electron chi connectivity index (χ4n) is 1.80. The van der Waals surface area contributed by atoms with Crippen molar-refractivity contribution in [1.29, 1.82) is 0 Å². The first-order valence-electron chi connectivity index (χ1n) is 5.83. The molecule has 0 heterocycles. The number of anilines is 1. The highest BCUT2D eigenvalue weighted by Crippen LogP contribution is 2.26. The van der Waals surface area contributed by atoms with Crippen molar-refractivity contribution in [2.45, 2.75) is 6.92 Å². The first kappa shape index (κ1) is 12.2. The molecule has 0 aliphatic heterocycles. The molecular formula is C15H16N2O. The van der Waals surface area contributed by atoms with Gasteiger partial charge in [0.15, 0.2) is 0 Å². The first-order chi connectivity index (χ1) is 8.72. The third kappa shape index (κ3) is 2.51. The minimum atomic E-state index is 0.251. The van der Waals surface area contributed by atoms with Crippen LogP contribution in [0.4, 0.5) is 11.4 Å². The number of aliphatic imine (C=N–C) groups is 1. The van der Waals surface area contributed by atoms with Gasteiger partial charge in [-0.1, -0.05) is 24.3 Å². The Kier molecular flexibility index (Phi) is 3.63. The maximum absolute atomic E-state index is 9.79. The third-order valence-corrected chi connectivity index (χ3v) is 2.76. The minimum absolute atomic E-state index is 0.251. The lowest BCUT2D eigenvalue weighted by atomic mass is 10.1. The van der Waals surface area contributed by atoms with E-state index in [0.29, 0.717) is 0 Å². The molecule has 0 saturated heterocycles. The predicted molar refractivity (Wildman–Crippen MR) is 76.0 cm³/mol. The zero-order valence-corrected chi connectivity index (χ0v) is 10.5. The summed E-state index contributed by atoms with van der Waals surface area (Å²) in [6, 6.07) is 15.0. The molecule has 0 fully saturated rings. The molecule has 0 aliphatic carbocycles. The molecule has 0 spiro atoms. The number of hydrogen-bond donors (Lipinski definition) is 2. The van der Waals surface area contributed by atoms with E-state index in [0.717, 1.165) is 22.6 Å². The van der Waals surface area contributed by atoms with Crippen molar-refractivity contribution in [3.8, 4) is 5.75 Å². The molecule has 18 heavy (non-hydrogen) atoms. The molecule has 3 nitrogen and oxygen atoms in total. The van der Waals surface area contributed by atoms with E-state index < -0.39 is 0 Å². The van der Waals surface area contributed by atoms with Gasteiger partial charge in [0.1, 0.15) is 5.75 Å². The molecule has 0 aliphatic rings. The molecule has 3 heteroatoms. The molecule has 2 N–H and O–H groups in total. The quantitative estimate of drug-likeness (QED) is 0.805. The summed E-state index contributed by atoms with van der Waals surface area (Å²) in [4.78, 5) is 4.56. The Bertz CT molecular complexity index is 576. The van der Waals surface area contributed by atoms with Gasteiger partial charge in [-0.05, 0) is 31.2 Å². The molecule has 0 saturated carbocycles. The summed E-state index contributed by atoms with van der Waals surface area (Å²) in [6.07, 6.45) is 0.